The zero-order valence-corrected chi connectivity index (χ0v) is 10.8. The molecule has 0 amide bonds. The number of nitrogens with zero attached hydrogens (tertiary/aromatic N) is 3. The van der Waals surface area contributed by atoms with Crippen LogP contribution in [-0.2, 0) is 0 Å². The number of hydrogen-bond donors (Lipinski definition) is 1. The van der Waals surface area contributed by atoms with E-state index in [9.17, 15) is 0 Å². The second-order valence-corrected chi connectivity index (χ2v) is 4.66. The van der Waals surface area contributed by atoms with Crippen molar-refractivity contribution < 1.29 is 4.52 Å². The highest BCUT2D eigenvalue weighted by Gasteiger charge is 2.20. The first-order chi connectivity index (χ1) is 8.31. The Morgan fingerprint density at radius 3 is 3.00 bits per heavy atom. The molecule has 1 unspecified atom stereocenters. The summed E-state index contributed by atoms with van der Waals surface area (Å²) in [5.74, 6) is 1.42. The molecule has 0 aromatic carbocycles. The lowest BCUT2D eigenvalue weighted by atomic mass is 10.0. The molecule has 1 saturated heterocycles. The first kappa shape index (κ1) is 12.4. The highest BCUT2D eigenvalue weighted by atomic mass is 16.5. The molecule has 96 valence electrons. The van der Waals surface area contributed by atoms with Crippen LogP contribution >= 0.6 is 0 Å². The largest absolute Gasteiger partial charge is 0.342 e. The van der Waals surface area contributed by atoms with Gasteiger partial charge in [0.05, 0.1) is 6.04 Å². The van der Waals surface area contributed by atoms with Gasteiger partial charge in [0.2, 0.25) is 5.89 Å². The van der Waals surface area contributed by atoms with Crippen LogP contribution in [-0.4, -0.2) is 30.3 Å². The summed E-state index contributed by atoms with van der Waals surface area (Å²) >= 11 is 0. The Balaban J connectivity index is 2.01. The van der Waals surface area contributed by atoms with Gasteiger partial charge in [0.15, 0.2) is 0 Å². The molecule has 1 aromatic rings. The predicted molar refractivity (Wildman–Crippen MR) is 67.1 cm³/mol. The summed E-state index contributed by atoms with van der Waals surface area (Å²) in [5, 5.41) is 7.51. The van der Waals surface area contributed by atoms with E-state index in [1.807, 2.05) is 11.9 Å². The standard InChI is InChI=1S/C12H22N4O/c1-3-16(2)12-14-11(17-15-12)10-8-6-4-5-7-9-13-10/h10,13H,3-9H2,1-2H3. The molecule has 1 N–H and O–H groups in total. The summed E-state index contributed by atoms with van der Waals surface area (Å²) in [6.07, 6.45) is 6.21. The highest BCUT2D eigenvalue weighted by molar-refractivity contribution is 5.25. The van der Waals surface area contributed by atoms with Crippen molar-refractivity contribution in [2.24, 2.45) is 0 Å². The van der Waals surface area contributed by atoms with Crippen LogP contribution in [0.15, 0.2) is 4.52 Å². The molecule has 17 heavy (non-hydrogen) atoms. The van der Waals surface area contributed by atoms with E-state index < -0.39 is 0 Å². The molecule has 5 heteroatoms. The molecule has 2 heterocycles. The highest BCUT2D eigenvalue weighted by Crippen LogP contribution is 2.22. The Morgan fingerprint density at radius 1 is 1.35 bits per heavy atom. The molecule has 5 nitrogen and oxygen atoms in total. The number of aromatic nitrogens is 2. The molecular formula is C12H22N4O. The van der Waals surface area contributed by atoms with E-state index in [0.717, 1.165) is 25.4 Å². The van der Waals surface area contributed by atoms with Crippen molar-refractivity contribution in [3.05, 3.63) is 5.89 Å². The molecule has 0 aliphatic carbocycles. The zero-order chi connectivity index (χ0) is 12.1. The van der Waals surface area contributed by atoms with Crippen molar-refractivity contribution in [3.8, 4) is 0 Å². The van der Waals surface area contributed by atoms with Crippen molar-refractivity contribution >= 4 is 5.95 Å². The maximum absolute atomic E-state index is 5.36. The summed E-state index contributed by atoms with van der Waals surface area (Å²) in [5.41, 5.74) is 0. The van der Waals surface area contributed by atoms with Gasteiger partial charge in [0.1, 0.15) is 0 Å². The first-order valence-electron chi connectivity index (χ1n) is 6.59. The van der Waals surface area contributed by atoms with E-state index in [1.54, 1.807) is 0 Å². The molecule has 0 radical (unpaired) electrons. The van der Waals surface area contributed by atoms with E-state index in [2.05, 4.69) is 22.4 Å². The van der Waals surface area contributed by atoms with Gasteiger partial charge in [-0.15, -0.1) is 0 Å². The van der Waals surface area contributed by atoms with E-state index in [4.69, 9.17) is 4.52 Å². The van der Waals surface area contributed by atoms with Crippen LogP contribution < -0.4 is 10.2 Å². The van der Waals surface area contributed by atoms with Crippen LogP contribution in [0, 0.1) is 0 Å². The molecular weight excluding hydrogens is 216 g/mol. The van der Waals surface area contributed by atoms with Gasteiger partial charge in [-0.3, -0.25) is 0 Å². The third kappa shape index (κ3) is 3.19. The molecule has 1 aromatic heterocycles. The molecule has 1 fully saturated rings. The predicted octanol–water partition coefficient (Wildman–Crippen LogP) is 2.12. The van der Waals surface area contributed by atoms with Gasteiger partial charge in [-0.1, -0.05) is 19.3 Å². The number of hydrogen-bond acceptors (Lipinski definition) is 5. The summed E-state index contributed by atoms with van der Waals surface area (Å²) < 4.78 is 5.36. The van der Waals surface area contributed by atoms with Crippen molar-refractivity contribution in [3.63, 3.8) is 0 Å². The Hall–Kier alpha value is -1.10. The second-order valence-electron chi connectivity index (χ2n) is 4.66. The molecule has 1 aliphatic rings. The summed E-state index contributed by atoms with van der Waals surface area (Å²) in [4.78, 5) is 6.44. The quantitative estimate of drug-likeness (QED) is 0.874. The molecule has 0 bridgehead atoms. The van der Waals surface area contributed by atoms with E-state index in [-0.39, 0.29) is 6.04 Å². The van der Waals surface area contributed by atoms with Crippen LogP contribution in [0.25, 0.3) is 0 Å². The third-order valence-electron chi connectivity index (χ3n) is 3.36. The van der Waals surface area contributed by atoms with Crippen molar-refractivity contribution in [1.82, 2.24) is 15.5 Å². The van der Waals surface area contributed by atoms with Gasteiger partial charge < -0.3 is 14.7 Å². The lowest BCUT2D eigenvalue weighted by Gasteiger charge is -2.17. The fraction of sp³-hybridized carbons (Fsp3) is 0.833. The molecule has 2 rings (SSSR count). The van der Waals surface area contributed by atoms with Crippen molar-refractivity contribution in [2.75, 3.05) is 25.0 Å². The molecule has 0 saturated carbocycles. The minimum absolute atomic E-state index is 0.238. The number of rotatable bonds is 3. The zero-order valence-electron chi connectivity index (χ0n) is 10.8. The van der Waals surface area contributed by atoms with Gasteiger partial charge >= 0.3 is 0 Å². The minimum atomic E-state index is 0.238. The fourth-order valence-electron chi connectivity index (χ4n) is 2.08. The molecule has 0 spiro atoms. The smallest absolute Gasteiger partial charge is 0.265 e. The molecule has 1 aliphatic heterocycles. The number of nitrogens with one attached hydrogen (secondary N) is 1. The maximum Gasteiger partial charge on any atom is 0.265 e. The third-order valence-corrected chi connectivity index (χ3v) is 3.36. The second kappa shape index (κ2) is 6.00. The fourth-order valence-corrected chi connectivity index (χ4v) is 2.08. The number of anilines is 1. The lowest BCUT2D eigenvalue weighted by molar-refractivity contribution is 0.307. The Kier molecular flexibility index (Phi) is 4.36. The Labute approximate surface area is 103 Å². The molecule has 1 atom stereocenters. The van der Waals surface area contributed by atoms with Crippen LogP contribution in [0.4, 0.5) is 5.95 Å². The normalized spacial score (nSPS) is 21.9. The van der Waals surface area contributed by atoms with E-state index >= 15 is 0 Å². The lowest BCUT2D eigenvalue weighted by Crippen LogP contribution is -2.24. The maximum atomic E-state index is 5.36. The Bertz CT molecular complexity index is 331. The van der Waals surface area contributed by atoms with Gasteiger partial charge in [0.25, 0.3) is 5.95 Å². The topological polar surface area (TPSA) is 54.2 Å². The summed E-state index contributed by atoms with van der Waals surface area (Å²) in [6, 6.07) is 0.238. The van der Waals surface area contributed by atoms with Crippen LogP contribution in [0.3, 0.4) is 0 Å². The van der Waals surface area contributed by atoms with Gasteiger partial charge in [-0.2, -0.15) is 4.98 Å². The Morgan fingerprint density at radius 2 is 2.18 bits per heavy atom. The van der Waals surface area contributed by atoms with Crippen LogP contribution in [0.1, 0.15) is 51.0 Å². The van der Waals surface area contributed by atoms with Gasteiger partial charge in [0, 0.05) is 13.6 Å². The van der Waals surface area contributed by atoms with Crippen molar-refractivity contribution in [2.45, 2.75) is 45.1 Å². The average molecular weight is 238 g/mol. The van der Waals surface area contributed by atoms with Crippen molar-refractivity contribution in [1.29, 1.82) is 0 Å². The monoisotopic (exact) mass is 238 g/mol. The first-order valence-corrected chi connectivity index (χ1v) is 6.59. The summed E-state index contributed by atoms with van der Waals surface area (Å²) in [6.45, 7) is 4.01. The van der Waals surface area contributed by atoms with Crippen LogP contribution in [0.5, 0.6) is 0 Å². The van der Waals surface area contributed by atoms with Gasteiger partial charge in [-0.05, 0) is 31.5 Å². The SMILES string of the molecule is CCN(C)c1noc(C2CCCCCCN2)n1. The van der Waals surface area contributed by atoms with E-state index in [1.165, 1.54) is 25.7 Å². The van der Waals surface area contributed by atoms with Crippen LogP contribution in [0.2, 0.25) is 0 Å². The van der Waals surface area contributed by atoms with E-state index in [0.29, 0.717) is 5.95 Å². The van der Waals surface area contributed by atoms with Gasteiger partial charge in [-0.25, -0.2) is 0 Å². The summed E-state index contributed by atoms with van der Waals surface area (Å²) in [7, 11) is 1.97. The minimum Gasteiger partial charge on any atom is -0.342 e. The average Bonchev–Trinajstić information content (AvgIpc) is 2.77.